The number of hydrogen-bond acceptors (Lipinski definition) is 10. The van der Waals surface area contributed by atoms with Crippen LogP contribution in [0.5, 0.6) is 0 Å². The number of carbonyl (C=O) groups excluding carboxylic acids is 5. The number of benzene rings is 1. The number of rotatable bonds is 10. The second kappa shape index (κ2) is 12.3. The van der Waals surface area contributed by atoms with Crippen LogP contribution in [0.1, 0.15) is 86.4 Å². The standard InChI is InChI=1S/C21H26O10/c1-6-27-17(22)12-11-13(18(23)28-7-2)15(20(25)30-9-4)16(21(26)31-10-5)14(12)19(24)29-8-3/h11H,6-10H2,1-5H3. The summed E-state index contributed by atoms with van der Waals surface area (Å²) in [5, 5.41) is 0. The molecule has 0 saturated carbocycles. The van der Waals surface area contributed by atoms with E-state index >= 15 is 0 Å². The van der Waals surface area contributed by atoms with Crippen LogP contribution >= 0.6 is 0 Å². The Balaban J connectivity index is 4.14. The van der Waals surface area contributed by atoms with Crippen molar-refractivity contribution in [3.05, 3.63) is 33.9 Å². The molecule has 31 heavy (non-hydrogen) atoms. The quantitative estimate of drug-likeness (QED) is 0.396. The fourth-order valence-electron chi connectivity index (χ4n) is 2.66. The van der Waals surface area contributed by atoms with Crippen LogP contribution in [0.4, 0.5) is 0 Å². The van der Waals surface area contributed by atoms with Crippen molar-refractivity contribution in [1.29, 1.82) is 0 Å². The van der Waals surface area contributed by atoms with Gasteiger partial charge in [-0.3, -0.25) is 0 Å². The predicted octanol–water partition coefficient (Wildman–Crippen LogP) is 2.57. The molecule has 0 fully saturated rings. The lowest BCUT2D eigenvalue weighted by Crippen LogP contribution is -2.27. The van der Waals surface area contributed by atoms with E-state index in [1.54, 1.807) is 0 Å². The first-order valence-electron chi connectivity index (χ1n) is 9.85. The average molecular weight is 438 g/mol. The lowest BCUT2D eigenvalue weighted by molar-refractivity contribution is 0.0433. The molecule has 0 aliphatic heterocycles. The highest BCUT2D eigenvalue weighted by molar-refractivity contribution is 6.18. The Morgan fingerprint density at radius 1 is 0.484 bits per heavy atom. The number of esters is 5. The predicted molar refractivity (Wildman–Crippen MR) is 106 cm³/mol. The van der Waals surface area contributed by atoms with Crippen LogP contribution in [0.3, 0.4) is 0 Å². The van der Waals surface area contributed by atoms with Gasteiger partial charge in [0.15, 0.2) is 0 Å². The van der Waals surface area contributed by atoms with E-state index < -0.39 is 57.7 Å². The molecule has 0 N–H and O–H groups in total. The van der Waals surface area contributed by atoms with Gasteiger partial charge in [0.1, 0.15) is 0 Å². The van der Waals surface area contributed by atoms with Crippen molar-refractivity contribution in [2.45, 2.75) is 34.6 Å². The summed E-state index contributed by atoms with van der Waals surface area (Å²) in [6.07, 6.45) is 0. The van der Waals surface area contributed by atoms with E-state index in [0.29, 0.717) is 0 Å². The molecule has 0 aliphatic carbocycles. The Morgan fingerprint density at radius 3 is 1.03 bits per heavy atom. The summed E-state index contributed by atoms with van der Waals surface area (Å²) in [5.74, 6) is -5.27. The summed E-state index contributed by atoms with van der Waals surface area (Å²) >= 11 is 0. The van der Waals surface area contributed by atoms with E-state index in [-0.39, 0.29) is 33.0 Å². The monoisotopic (exact) mass is 438 g/mol. The lowest BCUT2D eigenvalue weighted by Gasteiger charge is -2.18. The second-order valence-electron chi connectivity index (χ2n) is 5.70. The maximum Gasteiger partial charge on any atom is 0.339 e. The van der Waals surface area contributed by atoms with Crippen LogP contribution < -0.4 is 0 Å². The SMILES string of the molecule is CCOC(=O)c1cc(C(=O)OCC)c(C(=O)OCC)c(C(=O)OCC)c1C(=O)OCC. The van der Waals surface area contributed by atoms with Crippen LogP contribution in [0.2, 0.25) is 0 Å². The van der Waals surface area contributed by atoms with Crippen LogP contribution in [0, 0.1) is 0 Å². The van der Waals surface area contributed by atoms with E-state index in [9.17, 15) is 24.0 Å². The van der Waals surface area contributed by atoms with Crippen molar-refractivity contribution in [1.82, 2.24) is 0 Å². The van der Waals surface area contributed by atoms with Gasteiger partial charge in [0, 0.05) is 0 Å². The molecule has 0 atom stereocenters. The lowest BCUT2D eigenvalue weighted by atomic mass is 9.90. The summed E-state index contributed by atoms with van der Waals surface area (Å²) in [5.41, 5.74) is -2.64. The smallest absolute Gasteiger partial charge is 0.339 e. The topological polar surface area (TPSA) is 132 Å². The Hall–Kier alpha value is -3.43. The molecule has 10 heteroatoms. The molecule has 170 valence electrons. The van der Waals surface area contributed by atoms with E-state index in [1.165, 1.54) is 34.6 Å². The molecule has 1 rings (SSSR count). The molecule has 0 spiro atoms. The van der Waals surface area contributed by atoms with Gasteiger partial charge in [-0.25, -0.2) is 24.0 Å². The Kier molecular flexibility index (Phi) is 10.2. The van der Waals surface area contributed by atoms with Crippen molar-refractivity contribution in [3.63, 3.8) is 0 Å². The molecular weight excluding hydrogens is 412 g/mol. The fourth-order valence-corrected chi connectivity index (χ4v) is 2.66. The van der Waals surface area contributed by atoms with Crippen molar-refractivity contribution >= 4 is 29.8 Å². The first-order valence-corrected chi connectivity index (χ1v) is 9.85. The zero-order valence-electron chi connectivity index (χ0n) is 18.2. The summed E-state index contributed by atoms with van der Waals surface area (Å²) < 4.78 is 24.9. The van der Waals surface area contributed by atoms with Gasteiger partial charge in [0.2, 0.25) is 0 Å². The van der Waals surface area contributed by atoms with E-state index in [0.717, 1.165) is 6.07 Å². The van der Waals surface area contributed by atoms with Gasteiger partial charge in [-0.05, 0) is 40.7 Å². The highest BCUT2D eigenvalue weighted by Gasteiger charge is 2.37. The Labute approximate surface area is 179 Å². The van der Waals surface area contributed by atoms with Gasteiger partial charge >= 0.3 is 29.8 Å². The molecule has 1 aromatic rings. The van der Waals surface area contributed by atoms with E-state index in [1.807, 2.05) is 0 Å². The molecule has 0 heterocycles. The molecule has 0 aliphatic rings. The summed E-state index contributed by atoms with van der Waals surface area (Å²) in [6.45, 7) is 7.23. The van der Waals surface area contributed by atoms with Gasteiger partial charge in [-0.15, -0.1) is 0 Å². The minimum atomic E-state index is -1.12. The average Bonchev–Trinajstić information content (AvgIpc) is 2.72. The van der Waals surface area contributed by atoms with E-state index in [4.69, 9.17) is 23.7 Å². The summed E-state index contributed by atoms with van der Waals surface area (Å²) in [6, 6.07) is 0.956. The first kappa shape index (κ1) is 25.6. The maximum absolute atomic E-state index is 12.8. The molecular formula is C21H26O10. The Bertz CT molecular complexity index is 798. The molecule has 10 nitrogen and oxygen atoms in total. The van der Waals surface area contributed by atoms with Crippen molar-refractivity contribution < 1.29 is 47.7 Å². The zero-order valence-corrected chi connectivity index (χ0v) is 18.2. The minimum absolute atomic E-state index is 0.0514. The second-order valence-corrected chi connectivity index (χ2v) is 5.70. The normalized spacial score (nSPS) is 10.1. The molecule has 0 saturated heterocycles. The van der Waals surface area contributed by atoms with Crippen LogP contribution in [0.15, 0.2) is 6.07 Å². The van der Waals surface area contributed by atoms with Crippen molar-refractivity contribution in [3.8, 4) is 0 Å². The largest absolute Gasteiger partial charge is 0.462 e. The molecule has 1 aromatic carbocycles. The number of ether oxygens (including phenoxy) is 5. The van der Waals surface area contributed by atoms with Gasteiger partial charge in [0.25, 0.3) is 0 Å². The summed E-state index contributed by atoms with van der Waals surface area (Å²) in [4.78, 5) is 63.5. The van der Waals surface area contributed by atoms with Gasteiger partial charge in [0.05, 0.1) is 60.9 Å². The highest BCUT2D eigenvalue weighted by atomic mass is 16.6. The van der Waals surface area contributed by atoms with Crippen molar-refractivity contribution in [2.24, 2.45) is 0 Å². The molecule has 0 amide bonds. The van der Waals surface area contributed by atoms with E-state index in [2.05, 4.69) is 0 Å². The van der Waals surface area contributed by atoms with Gasteiger partial charge in [-0.2, -0.15) is 0 Å². The van der Waals surface area contributed by atoms with Gasteiger partial charge in [-0.1, -0.05) is 0 Å². The van der Waals surface area contributed by atoms with Gasteiger partial charge < -0.3 is 23.7 Å². The zero-order chi connectivity index (χ0) is 23.6. The number of hydrogen-bond donors (Lipinski definition) is 0. The number of carbonyl (C=O) groups is 5. The highest BCUT2D eigenvalue weighted by Crippen LogP contribution is 2.28. The van der Waals surface area contributed by atoms with Crippen LogP contribution in [-0.2, 0) is 23.7 Å². The summed E-state index contributed by atoms with van der Waals surface area (Å²) in [7, 11) is 0. The fraction of sp³-hybridized carbons (Fsp3) is 0.476. The maximum atomic E-state index is 12.8. The third-order valence-corrected chi connectivity index (χ3v) is 3.76. The third-order valence-electron chi connectivity index (χ3n) is 3.76. The molecule has 0 bridgehead atoms. The molecule has 0 unspecified atom stereocenters. The van der Waals surface area contributed by atoms with Crippen LogP contribution in [-0.4, -0.2) is 62.9 Å². The molecule has 0 aromatic heterocycles. The van der Waals surface area contributed by atoms with Crippen LogP contribution in [0.25, 0.3) is 0 Å². The molecule has 0 radical (unpaired) electrons. The Morgan fingerprint density at radius 2 is 0.742 bits per heavy atom. The third kappa shape index (κ3) is 6.03. The van der Waals surface area contributed by atoms with Crippen molar-refractivity contribution in [2.75, 3.05) is 33.0 Å². The first-order chi connectivity index (χ1) is 14.8. The minimum Gasteiger partial charge on any atom is -0.462 e.